The van der Waals surface area contributed by atoms with Gasteiger partial charge in [0.2, 0.25) is 17.5 Å². The van der Waals surface area contributed by atoms with Crippen LogP contribution in [0.1, 0.15) is 18.4 Å². The fourth-order valence-corrected chi connectivity index (χ4v) is 1.59. The van der Waals surface area contributed by atoms with Crippen molar-refractivity contribution in [1.29, 1.82) is 0 Å². The van der Waals surface area contributed by atoms with Crippen LogP contribution < -0.4 is 0 Å². The quantitative estimate of drug-likeness (QED) is 0.829. The van der Waals surface area contributed by atoms with Crippen molar-refractivity contribution >= 4 is 5.78 Å². The van der Waals surface area contributed by atoms with Gasteiger partial charge in [-0.05, 0) is 18.1 Å². The van der Waals surface area contributed by atoms with Gasteiger partial charge >= 0.3 is 0 Å². The first-order chi connectivity index (χ1) is 9.11. The Morgan fingerprint density at radius 3 is 2.95 bits per heavy atom. The van der Waals surface area contributed by atoms with Crippen molar-refractivity contribution in [3.63, 3.8) is 0 Å². The van der Waals surface area contributed by atoms with Crippen molar-refractivity contribution in [2.75, 3.05) is 0 Å². The zero-order valence-corrected chi connectivity index (χ0v) is 10.1. The van der Waals surface area contributed by atoms with E-state index in [1.165, 1.54) is 0 Å². The summed E-state index contributed by atoms with van der Waals surface area (Å²) in [5.74, 6) is -1.07. The van der Waals surface area contributed by atoms with E-state index in [1.54, 1.807) is 18.5 Å². The minimum atomic E-state index is -3.03. The van der Waals surface area contributed by atoms with Gasteiger partial charge < -0.3 is 4.52 Å². The standard InChI is InChI=1S/C12H11F2N3O2/c1-2-7-6-15-4-3-8(7)12-16-10(19-17-12)5-9(18)11(13)14/h3-4,6,11H,2,5H2,1H3. The molecule has 0 radical (unpaired) electrons. The second kappa shape index (κ2) is 5.64. The average Bonchev–Trinajstić information content (AvgIpc) is 2.86. The summed E-state index contributed by atoms with van der Waals surface area (Å²) in [5.41, 5.74) is 1.63. The number of hydrogen-bond acceptors (Lipinski definition) is 5. The van der Waals surface area contributed by atoms with E-state index in [1.807, 2.05) is 6.92 Å². The lowest BCUT2D eigenvalue weighted by molar-refractivity contribution is -0.129. The first-order valence-corrected chi connectivity index (χ1v) is 5.68. The van der Waals surface area contributed by atoms with E-state index in [0.29, 0.717) is 0 Å². The van der Waals surface area contributed by atoms with Crippen molar-refractivity contribution < 1.29 is 18.1 Å². The Labute approximate surface area is 107 Å². The minimum absolute atomic E-state index is 0.112. The van der Waals surface area contributed by atoms with Gasteiger partial charge in [-0.3, -0.25) is 9.78 Å². The maximum atomic E-state index is 12.1. The normalized spacial score (nSPS) is 10.9. The summed E-state index contributed by atoms with van der Waals surface area (Å²) < 4.78 is 29.0. The van der Waals surface area contributed by atoms with Gasteiger partial charge in [0.15, 0.2) is 0 Å². The summed E-state index contributed by atoms with van der Waals surface area (Å²) >= 11 is 0. The summed E-state index contributed by atoms with van der Waals surface area (Å²) in [6.45, 7) is 1.95. The highest BCUT2D eigenvalue weighted by Crippen LogP contribution is 2.20. The molecule has 0 atom stereocenters. The van der Waals surface area contributed by atoms with Crippen LogP contribution in [0.15, 0.2) is 23.0 Å². The molecule has 0 amide bonds. The van der Waals surface area contributed by atoms with Gasteiger partial charge in [0.05, 0.1) is 6.42 Å². The number of carbonyl (C=O) groups excluding carboxylic acids is 1. The maximum absolute atomic E-state index is 12.1. The van der Waals surface area contributed by atoms with Crippen molar-refractivity contribution in [2.24, 2.45) is 0 Å². The lowest BCUT2D eigenvalue weighted by atomic mass is 10.1. The third-order valence-electron chi connectivity index (χ3n) is 2.56. The van der Waals surface area contributed by atoms with Gasteiger partial charge in [-0.2, -0.15) is 4.98 Å². The zero-order chi connectivity index (χ0) is 13.8. The number of ketones is 1. The highest BCUT2D eigenvalue weighted by molar-refractivity contribution is 5.83. The number of carbonyl (C=O) groups is 1. The van der Waals surface area contributed by atoms with E-state index >= 15 is 0 Å². The first kappa shape index (κ1) is 13.3. The number of halogens is 2. The third-order valence-corrected chi connectivity index (χ3v) is 2.56. The van der Waals surface area contributed by atoms with Crippen LogP contribution >= 0.6 is 0 Å². The lowest BCUT2D eigenvalue weighted by Crippen LogP contribution is -2.12. The molecule has 100 valence electrons. The second-order valence-electron chi connectivity index (χ2n) is 3.84. The van der Waals surface area contributed by atoms with E-state index in [-0.39, 0.29) is 11.7 Å². The molecule has 0 aliphatic heterocycles. The number of nitrogens with zero attached hydrogens (tertiary/aromatic N) is 3. The van der Waals surface area contributed by atoms with Crippen molar-refractivity contribution in [3.05, 3.63) is 29.9 Å². The molecule has 2 aromatic rings. The Balaban J connectivity index is 2.23. The molecular formula is C12H11F2N3O2. The molecule has 0 bridgehead atoms. The predicted octanol–water partition coefficient (Wildman–Crippen LogP) is 2.07. The van der Waals surface area contributed by atoms with Crippen LogP contribution in [0.5, 0.6) is 0 Å². The summed E-state index contributed by atoms with van der Waals surface area (Å²) in [7, 11) is 0. The van der Waals surface area contributed by atoms with Gasteiger partial charge in [-0.25, -0.2) is 8.78 Å². The SMILES string of the molecule is CCc1cnccc1-c1noc(CC(=O)C(F)F)n1. The molecule has 0 saturated heterocycles. The molecule has 0 saturated carbocycles. The molecular weight excluding hydrogens is 256 g/mol. The van der Waals surface area contributed by atoms with Crippen molar-refractivity contribution in [1.82, 2.24) is 15.1 Å². The molecule has 0 aliphatic carbocycles. The van der Waals surface area contributed by atoms with E-state index in [4.69, 9.17) is 4.52 Å². The maximum Gasteiger partial charge on any atom is 0.296 e. The molecule has 0 aromatic carbocycles. The number of aryl methyl sites for hydroxylation is 1. The zero-order valence-electron chi connectivity index (χ0n) is 10.1. The predicted molar refractivity (Wildman–Crippen MR) is 61.6 cm³/mol. The highest BCUT2D eigenvalue weighted by Gasteiger charge is 2.20. The van der Waals surface area contributed by atoms with Gasteiger partial charge in [0.1, 0.15) is 0 Å². The van der Waals surface area contributed by atoms with Crippen LogP contribution in [-0.4, -0.2) is 27.3 Å². The Kier molecular flexibility index (Phi) is 3.94. The summed E-state index contributed by atoms with van der Waals surface area (Å²) in [6.07, 6.45) is 0.396. The largest absolute Gasteiger partial charge is 0.338 e. The fraction of sp³-hybridized carbons (Fsp3) is 0.333. The van der Waals surface area contributed by atoms with Crippen LogP contribution in [0.25, 0.3) is 11.4 Å². The molecule has 5 nitrogen and oxygen atoms in total. The highest BCUT2D eigenvalue weighted by atomic mass is 19.3. The number of alkyl halides is 2. The van der Waals surface area contributed by atoms with Gasteiger partial charge in [-0.15, -0.1) is 0 Å². The third kappa shape index (κ3) is 2.98. The Morgan fingerprint density at radius 2 is 2.26 bits per heavy atom. The summed E-state index contributed by atoms with van der Waals surface area (Å²) in [5, 5.41) is 3.70. The van der Waals surface area contributed by atoms with Crippen LogP contribution in [-0.2, 0) is 17.6 Å². The van der Waals surface area contributed by atoms with Gasteiger partial charge in [-0.1, -0.05) is 12.1 Å². The van der Waals surface area contributed by atoms with E-state index < -0.39 is 18.6 Å². The van der Waals surface area contributed by atoms with Crippen molar-refractivity contribution in [2.45, 2.75) is 26.2 Å². The number of hydrogen-bond donors (Lipinski definition) is 0. The number of rotatable bonds is 5. The van der Waals surface area contributed by atoms with Crippen LogP contribution in [0.3, 0.4) is 0 Å². The molecule has 2 heterocycles. The topological polar surface area (TPSA) is 68.9 Å². The first-order valence-electron chi connectivity index (χ1n) is 5.68. The Hall–Kier alpha value is -2.18. The monoisotopic (exact) mass is 267 g/mol. The van der Waals surface area contributed by atoms with Crippen LogP contribution in [0.2, 0.25) is 0 Å². The number of pyridine rings is 1. The molecule has 0 spiro atoms. The Morgan fingerprint density at radius 1 is 1.47 bits per heavy atom. The minimum Gasteiger partial charge on any atom is -0.338 e. The number of Topliss-reactive ketones (excluding diaryl/α,β-unsaturated/α-hetero) is 1. The van der Waals surface area contributed by atoms with E-state index in [2.05, 4.69) is 15.1 Å². The Bertz CT molecular complexity index is 584. The molecule has 0 N–H and O–H groups in total. The van der Waals surface area contributed by atoms with E-state index in [9.17, 15) is 13.6 Å². The van der Waals surface area contributed by atoms with E-state index in [0.717, 1.165) is 17.5 Å². The molecule has 2 aromatic heterocycles. The number of aromatic nitrogens is 3. The molecule has 0 aliphatic rings. The average molecular weight is 267 g/mol. The molecule has 19 heavy (non-hydrogen) atoms. The molecule has 0 fully saturated rings. The molecule has 7 heteroatoms. The second-order valence-corrected chi connectivity index (χ2v) is 3.84. The smallest absolute Gasteiger partial charge is 0.296 e. The van der Waals surface area contributed by atoms with Crippen LogP contribution in [0.4, 0.5) is 8.78 Å². The lowest BCUT2D eigenvalue weighted by Gasteiger charge is -2.00. The van der Waals surface area contributed by atoms with Crippen LogP contribution in [0, 0.1) is 0 Å². The summed E-state index contributed by atoms with van der Waals surface area (Å²) in [6, 6.07) is 1.71. The molecule has 2 rings (SSSR count). The van der Waals surface area contributed by atoms with Gasteiger partial charge in [0, 0.05) is 18.0 Å². The van der Waals surface area contributed by atoms with Gasteiger partial charge in [0.25, 0.3) is 6.43 Å². The van der Waals surface area contributed by atoms with Crippen molar-refractivity contribution in [3.8, 4) is 11.4 Å². The summed E-state index contributed by atoms with van der Waals surface area (Å²) in [4.78, 5) is 18.8. The fourth-order valence-electron chi connectivity index (χ4n) is 1.59. The molecule has 0 unspecified atom stereocenters.